The van der Waals surface area contributed by atoms with Gasteiger partial charge in [-0.05, 0) is 68.7 Å². The van der Waals surface area contributed by atoms with Crippen LogP contribution in [0.15, 0.2) is 51.8 Å². The topological polar surface area (TPSA) is 84.5 Å². The number of carbonyl (C=O) groups excluding carboxylic acids is 1. The number of amides is 1. The number of sulfonamides is 1. The van der Waals surface area contributed by atoms with E-state index in [4.69, 9.17) is 4.74 Å². The number of hydrogen-bond acceptors (Lipinski definition) is 4. The van der Waals surface area contributed by atoms with Crippen molar-refractivity contribution in [2.75, 3.05) is 11.9 Å². The standard InChI is InChI=1S/C22H29BrN2O4S/c1-21(2,3)18-13-15(23)7-12-19(18)29-14-20(26)24-16-8-10-17(11-9-16)30(27,28)25-22(4,5)6/h7-13,25H,14H2,1-6H3,(H,24,26). The van der Waals surface area contributed by atoms with E-state index < -0.39 is 15.6 Å². The Hall–Kier alpha value is -1.90. The Morgan fingerprint density at radius 2 is 1.60 bits per heavy atom. The number of nitrogens with one attached hydrogen (secondary N) is 2. The van der Waals surface area contributed by atoms with Crippen LogP contribution in [-0.2, 0) is 20.2 Å². The van der Waals surface area contributed by atoms with Crippen LogP contribution >= 0.6 is 15.9 Å². The van der Waals surface area contributed by atoms with Crippen molar-refractivity contribution in [1.82, 2.24) is 4.72 Å². The monoisotopic (exact) mass is 496 g/mol. The van der Waals surface area contributed by atoms with Crippen molar-refractivity contribution in [3.05, 3.63) is 52.5 Å². The van der Waals surface area contributed by atoms with Gasteiger partial charge in [0.25, 0.3) is 5.91 Å². The van der Waals surface area contributed by atoms with Crippen molar-refractivity contribution in [3.63, 3.8) is 0 Å². The van der Waals surface area contributed by atoms with Crippen molar-refractivity contribution in [2.45, 2.75) is 57.4 Å². The Morgan fingerprint density at radius 3 is 2.13 bits per heavy atom. The highest BCUT2D eigenvalue weighted by atomic mass is 79.9. The van der Waals surface area contributed by atoms with E-state index in [1.54, 1.807) is 32.9 Å². The van der Waals surface area contributed by atoms with Gasteiger partial charge in [0.1, 0.15) is 5.75 Å². The average Bonchev–Trinajstić information content (AvgIpc) is 2.58. The maximum Gasteiger partial charge on any atom is 0.262 e. The number of carbonyl (C=O) groups is 1. The summed E-state index contributed by atoms with van der Waals surface area (Å²) in [5, 5.41) is 2.72. The Labute approximate surface area is 187 Å². The lowest BCUT2D eigenvalue weighted by Crippen LogP contribution is -2.40. The Balaban J connectivity index is 2.03. The van der Waals surface area contributed by atoms with Gasteiger partial charge in [-0.15, -0.1) is 0 Å². The lowest BCUT2D eigenvalue weighted by atomic mass is 9.86. The third kappa shape index (κ3) is 7.11. The van der Waals surface area contributed by atoms with Crippen LogP contribution in [-0.4, -0.2) is 26.5 Å². The average molecular weight is 497 g/mol. The molecular formula is C22H29BrN2O4S. The molecule has 2 aromatic carbocycles. The second-order valence-corrected chi connectivity index (χ2v) is 11.7. The molecule has 0 spiro atoms. The van der Waals surface area contributed by atoms with E-state index in [0.717, 1.165) is 10.0 Å². The van der Waals surface area contributed by atoms with Gasteiger partial charge in [0, 0.05) is 21.3 Å². The third-order valence-electron chi connectivity index (χ3n) is 4.00. The third-order valence-corrected chi connectivity index (χ3v) is 6.26. The van der Waals surface area contributed by atoms with Gasteiger partial charge in [0.15, 0.2) is 6.61 Å². The zero-order chi connectivity index (χ0) is 22.7. The summed E-state index contributed by atoms with van der Waals surface area (Å²) >= 11 is 3.47. The SMILES string of the molecule is CC(C)(C)NS(=O)(=O)c1ccc(NC(=O)COc2ccc(Br)cc2C(C)(C)C)cc1. The molecule has 6 nitrogen and oxygen atoms in total. The molecule has 2 rings (SSSR count). The fourth-order valence-corrected chi connectivity index (χ4v) is 4.51. The lowest BCUT2D eigenvalue weighted by molar-refractivity contribution is -0.118. The van der Waals surface area contributed by atoms with Crippen LogP contribution in [0.4, 0.5) is 5.69 Å². The van der Waals surface area contributed by atoms with Gasteiger partial charge in [0.2, 0.25) is 10.0 Å². The highest BCUT2D eigenvalue weighted by Crippen LogP contribution is 2.33. The van der Waals surface area contributed by atoms with Crippen molar-refractivity contribution in [3.8, 4) is 5.75 Å². The van der Waals surface area contributed by atoms with Gasteiger partial charge >= 0.3 is 0 Å². The lowest BCUT2D eigenvalue weighted by Gasteiger charge is -2.23. The molecule has 0 aromatic heterocycles. The summed E-state index contributed by atoms with van der Waals surface area (Å²) in [6.45, 7) is 11.4. The Kier molecular flexibility index (Phi) is 7.37. The molecule has 0 aliphatic carbocycles. The molecule has 0 saturated carbocycles. The molecule has 0 fully saturated rings. The minimum atomic E-state index is -3.62. The summed E-state index contributed by atoms with van der Waals surface area (Å²) < 4.78 is 34.0. The number of anilines is 1. The first-order chi connectivity index (χ1) is 13.7. The minimum Gasteiger partial charge on any atom is -0.483 e. The molecule has 0 atom stereocenters. The van der Waals surface area contributed by atoms with Crippen LogP contribution in [0.3, 0.4) is 0 Å². The summed E-state index contributed by atoms with van der Waals surface area (Å²) in [5.41, 5.74) is 0.760. The summed E-state index contributed by atoms with van der Waals surface area (Å²) in [7, 11) is -3.62. The van der Waals surface area contributed by atoms with E-state index >= 15 is 0 Å². The van der Waals surface area contributed by atoms with Gasteiger partial charge in [-0.2, -0.15) is 0 Å². The maximum absolute atomic E-state index is 12.4. The largest absolute Gasteiger partial charge is 0.483 e. The van der Waals surface area contributed by atoms with E-state index in [-0.39, 0.29) is 22.8 Å². The van der Waals surface area contributed by atoms with E-state index in [0.29, 0.717) is 11.4 Å². The molecule has 8 heteroatoms. The first-order valence-electron chi connectivity index (χ1n) is 9.54. The first kappa shape index (κ1) is 24.4. The molecule has 2 N–H and O–H groups in total. The predicted octanol–water partition coefficient (Wildman–Crippen LogP) is 4.84. The fraction of sp³-hybridized carbons (Fsp3) is 0.409. The number of hydrogen-bond donors (Lipinski definition) is 2. The first-order valence-corrected chi connectivity index (χ1v) is 11.8. The maximum atomic E-state index is 12.4. The van der Waals surface area contributed by atoms with Crippen molar-refractivity contribution < 1.29 is 17.9 Å². The Bertz CT molecular complexity index is 1000. The van der Waals surface area contributed by atoms with E-state index in [1.807, 2.05) is 18.2 Å². The van der Waals surface area contributed by atoms with E-state index in [2.05, 4.69) is 46.7 Å². The van der Waals surface area contributed by atoms with Gasteiger partial charge in [0.05, 0.1) is 4.90 Å². The molecule has 0 unspecified atom stereocenters. The van der Waals surface area contributed by atoms with Crippen LogP contribution in [0.25, 0.3) is 0 Å². The number of ether oxygens (including phenoxy) is 1. The second kappa shape index (κ2) is 9.08. The smallest absolute Gasteiger partial charge is 0.262 e. The predicted molar refractivity (Wildman–Crippen MR) is 123 cm³/mol. The van der Waals surface area contributed by atoms with Crippen LogP contribution < -0.4 is 14.8 Å². The summed E-state index contributed by atoms with van der Waals surface area (Å²) in [5.74, 6) is 0.316. The quantitative estimate of drug-likeness (QED) is 0.598. The molecule has 164 valence electrons. The molecule has 0 saturated heterocycles. The van der Waals surface area contributed by atoms with Crippen molar-refractivity contribution >= 4 is 37.5 Å². The van der Waals surface area contributed by atoms with Crippen LogP contribution in [0.5, 0.6) is 5.75 Å². The molecule has 1 amide bonds. The van der Waals surface area contributed by atoms with E-state index in [9.17, 15) is 13.2 Å². The molecule has 0 aliphatic rings. The molecular weight excluding hydrogens is 468 g/mol. The zero-order valence-corrected chi connectivity index (χ0v) is 20.6. The summed E-state index contributed by atoms with van der Waals surface area (Å²) in [4.78, 5) is 12.4. The summed E-state index contributed by atoms with van der Waals surface area (Å²) in [6.07, 6.45) is 0. The van der Waals surface area contributed by atoms with Gasteiger partial charge in [-0.3, -0.25) is 4.79 Å². The van der Waals surface area contributed by atoms with E-state index in [1.165, 1.54) is 12.1 Å². The number of rotatable bonds is 6. The molecule has 2 aromatic rings. The number of halogens is 1. The molecule has 0 heterocycles. The minimum absolute atomic E-state index is 0.136. The zero-order valence-electron chi connectivity index (χ0n) is 18.2. The summed E-state index contributed by atoms with van der Waals surface area (Å²) in [6, 6.07) is 11.7. The normalized spacial score (nSPS) is 12.5. The van der Waals surface area contributed by atoms with Crippen LogP contribution in [0.2, 0.25) is 0 Å². The molecule has 0 aliphatic heterocycles. The number of benzene rings is 2. The van der Waals surface area contributed by atoms with Crippen molar-refractivity contribution in [1.29, 1.82) is 0 Å². The van der Waals surface area contributed by atoms with Crippen LogP contribution in [0.1, 0.15) is 47.1 Å². The molecule has 0 radical (unpaired) electrons. The Morgan fingerprint density at radius 1 is 1.00 bits per heavy atom. The van der Waals surface area contributed by atoms with Gasteiger partial charge in [-0.25, -0.2) is 13.1 Å². The second-order valence-electron chi connectivity index (χ2n) is 9.11. The van der Waals surface area contributed by atoms with Crippen LogP contribution in [0, 0.1) is 0 Å². The highest BCUT2D eigenvalue weighted by Gasteiger charge is 2.22. The highest BCUT2D eigenvalue weighted by molar-refractivity contribution is 9.10. The van der Waals surface area contributed by atoms with Gasteiger partial charge in [-0.1, -0.05) is 36.7 Å². The van der Waals surface area contributed by atoms with Gasteiger partial charge < -0.3 is 10.1 Å². The van der Waals surface area contributed by atoms with Crippen molar-refractivity contribution in [2.24, 2.45) is 0 Å². The molecule has 30 heavy (non-hydrogen) atoms. The molecule has 0 bridgehead atoms. The fourth-order valence-electron chi connectivity index (χ4n) is 2.73.